The van der Waals surface area contributed by atoms with Gasteiger partial charge in [0.1, 0.15) is 11.5 Å². The number of methoxy groups -OCH3 is 2. The molecule has 0 aromatic heterocycles. The minimum absolute atomic E-state index is 0.105. The molecule has 2 heterocycles. The summed E-state index contributed by atoms with van der Waals surface area (Å²) in [5.41, 5.74) is 4.92. The fourth-order valence-corrected chi connectivity index (χ4v) is 6.18. The molecule has 1 atom stereocenters. The normalized spacial score (nSPS) is 15.5. The predicted octanol–water partition coefficient (Wildman–Crippen LogP) is 7.63. The highest BCUT2D eigenvalue weighted by Crippen LogP contribution is 2.40. The number of Topliss-reactive ketones (excluding diaryl/α,β-unsaturated/α-hetero) is 2. The lowest BCUT2D eigenvalue weighted by Gasteiger charge is -2.24. The number of nitro groups is 1. The smallest absolute Gasteiger partial charge is 0.261 e. The topological polar surface area (TPSA) is 99.0 Å². The van der Waals surface area contributed by atoms with Crippen molar-refractivity contribution in [3.05, 3.63) is 188 Å². The Balaban J connectivity index is 1.41. The second kappa shape index (κ2) is 14.2. The molecule has 0 spiro atoms. The highest BCUT2D eigenvalue weighted by molar-refractivity contribution is 6.12. The van der Waals surface area contributed by atoms with E-state index < -0.39 is 10.8 Å². The predicted molar refractivity (Wildman–Crippen MR) is 183 cm³/mol. The molecule has 0 amide bonds. The Bertz CT molecular complexity index is 1960. The fraction of sp³-hybridized carbons (Fsp3) is 0.150. The van der Waals surface area contributed by atoms with Gasteiger partial charge in [-0.25, -0.2) is 0 Å². The molecule has 4 aromatic carbocycles. The summed E-state index contributed by atoms with van der Waals surface area (Å²) in [5.74, 6) is 0.191. The summed E-state index contributed by atoms with van der Waals surface area (Å²) >= 11 is 0. The Morgan fingerprint density at radius 2 is 1.35 bits per heavy atom. The minimum atomic E-state index is -0.848. The molecule has 0 bridgehead atoms. The molecule has 48 heavy (non-hydrogen) atoms. The Hall–Kier alpha value is -6.02. The van der Waals surface area contributed by atoms with E-state index in [4.69, 9.17) is 9.47 Å². The van der Waals surface area contributed by atoms with E-state index in [-0.39, 0.29) is 29.3 Å². The number of nitrogens with zero attached hydrogens (tertiary/aromatic N) is 2. The lowest BCUT2D eigenvalue weighted by atomic mass is 9.86. The summed E-state index contributed by atoms with van der Waals surface area (Å²) in [6.07, 6.45) is 5.72. The molecule has 2 aliphatic rings. The van der Waals surface area contributed by atoms with E-state index in [0.717, 1.165) is 22.6 Å². The van der Waals surface area contributed by atoms with Crippen LogP contribution in [0.3, 0.4) is 0 Å². The van der Waals surface area contributed by atoms with Crippen LogP contribution in [0.25, 0.3) is 0 Å². The third-order valence-corrected chi connectivity index (χ3v) is 8.68. The number of ether oxygens (including phenoxy) is 2. The fourth-order valence-electron chi connectivity index (χ4n) is 6.18. The van der Waals surface area contributed by atoms with Crippen molar-refractivity contribution >= 4 is 11.6 Å². The van der Waals surface area contributed by atoms with Crippen LogP contribution >= 0.6 is 0 Å². The lowest BCUT2D eigenvalue weighted by Crippen LogP contribution is -2.21. The number of benzene rings is 4. The van der Waals surface area contributed by atoms with E-state index >= 15 is 0 Å². The van der Waals surface area contributed by atoms with Gasteiger partial charge in [0.05, 0.1) is 36.3 Å². The second-order valence-electron chi connectivity index (χ2n) is 11.6. The van der Waals surface area contributed by atoms with E-state index in [2.05, 4.69) is 0 Å². The second-order valence-corrected chi connectivity index (χ2v) is 11.6. The number of hydrogen-bond acceptors (Lipinski definition) is 7. The molecule has 0 saturated carbocycles. The van der Waals surface area contributed by atoms with Crippen molar-refractivity contribution in [2.45, 2.75) is 25.2 Å². The first-order chi connectivity index (χ1) is 23.4. The maximum atomic E-state index is 14.2. The number of fused-ring (bicyclic) bond motifs is 1. The average Bonchev–Trinajstić information content (AvgIpc) is 3.38. The number of carbonyl (C=O) groups is 2. The molecule has 2 aliphatic heterocycles. The molecular weight excluding hydrogens is 604 g/mol. The summed E-state index contributed by atoms with van der Waals surface area (Å²) in [6, 6.07) is 33.0. The molecule has 4 aromatic rings. The molecule has 0 fully saturated rings. The van der Waals surface area contributed by atoms with Crippen LogP contribution in [0, 0.1) is 10.1 Å². The number of ketones is 2. The van der Waals surface area contributed by atoms with Gasteiger partial charge >= 0.3 is 0 Å². The van der Waals surface area contributed by atoms with Gasteiger partial charge in [0.25, 0.3) is 5.70 Å². The minimum Gasteiger partial charge on any atom is -0.497 e. The Morgan fingerprint density at radius 3 is 1.92 bits per heavy atom. The van der Waals surface area contributed by atoms with Crippen LogP contribution in [-0.4, -0.2) is 35.6 Å². The van der Waals surface area contributed by atoms with Gasteiger partial charge in [-0.1, -0.05) is 84.9 Å². The maximum Gasteiger partial charge on any atom is 0.261 e. The summed E-state index contributed by atoms with van der Waals surface area (Å²) in [6.45, 7) is 0. The quantitative estimate of drug-likeness (QED) is 0.0894. The zero-order valence-corrected chi connectivity index (χ0v) is 26.7. The first-order valence-corrected chi connectivity index (χ1v) is 15.6. The van der Waals surface area contributed by atoms with E-state index in [1.807, 2.05) is 65.6 Å². The zero-order chi connectivity index (χ0) is 33.6. The molecule has 8 heteroatoms. The van der Waals surface area contributed by atoms with Crippen LogP contribution in [0.15, 0.2) is 156 Å². The van der Waals surface area contributed by atoms with Gasteiger partial charge in [0.15, 0.2) is 5.78 Å². The van der Waals surface area contributed by atoms with Crippen LogP contribution in [-0.2, 0) is 17.6 Å². The van der Waals surface area contributed by atoms with Gasteiger partial charge in [-0.15, -0.1) is 0 Å². The first kappa shape index (κ1) is 31.9. The number of allylic oxidation sites excluding steroid dienone is 6. The molecular formula is C40H34N2O6. The largest absolute Gasteiger partial charge is 0.497 e. The molecule has 1 unspecified atom stereocenters. The zero-order valence-electron chi connectivity index (χ0n) is 26.7. The highest BCUT2D eigenvalue weighted by atomic mass is 16.6. The first-order valence-electron chi connectivity index (χ1n) is 15.6. The number of hydrogen-bond donors (Lipinski definition) is 0. The van der Waals surface area contributed by atoms with Crippen LogP contribution in [0.4, 0.5) is 0 Å². The van der Waals surface area contributed by atoms with Crippen molar-refractivity contribution in [3.63, 3.8) is 0 Å². The van der Waals surface area contributed by atoms with Gasteiger partial charge in [-0.05, 0) is 53.1 Å². The molecule has 8 nitrogen and oxygen atoms in total. The van der Waals surface area contributed by atoms with Crippen LogP contribution in [0.1, 0.15) is 39.4 Å². The van der Waals surface area contributed by atoms with Gasteiger partial charge in [-0.3, -0.25) is 19.7 Å². The maximum absolute atomic E-state index is 14.2. The molecule has 0 aliphatic carbocycles. The lowest BCUT2D eigenvalue weighted by molar-refractivity contribution is -0.430. The van der Waals surface area contributed by atoms with Gasteiger partial charge in [0, 0.05) is 42.3 Å². The molecule has 6 rings (SSSR count). The third kappa shape index (κ3) is 6.73. The molecule has 0 radical (unpaired) electrons. The third-order valence-electron chi connectivity index (χ3n) is 8.68. The van der Waals surface area contributed by atoms with Crippen molar-refractivity contribution in [1.82, 2.24) is 4.90 Å². The van der Waals surface area contributed by atoms with Crippen molar-refractivity contribution in [1.29, 1.82) is 0 Å². The van der Waals surface area contributed by atoms with Crippen LogP contribution in [0.5, 0.6) is 11.5 Å². The number of carbonyl (C=O) groups excluding carboxylic acids is 2. The Kier molecular flexibility index (Phi) is 9.43. The van der Waals surface area contributed by atoms with Crippen molar-refractivity contribution < 1.29 is 24.0 Å². The Labute approximate surface area is 279 Å². The van der Waals surface area contributed by atoms with E-state index in [1.54, 1.807) is 81.1 Å². The van der Waals surface area contributed by atoms with Gasteiger partial charge in [-0.2, -0.15) is 0 Å². The Morgan fingerprint density at radius 1 is 0.792 bits per heavy atom. The summed E-state index contributed by atoms with van der Waals surface area (Å²) < 4.78 is 10.6. The standard InChI is InChI=1S/C40H34N2O6/c1-47-32-17-13-27(14-18-32)23-35-36(24-28-15-19-33(48-2)20-16-28)41-22-21-31(25-37(41)40(35)44)39(42(45)46)34(29-9-5-3-6-10-29)26-38(43)30-11-7-4-8-12-30/h3-22,25,34H,23-24,26H2,1-2H3. The monoisotopic (exact) mass is 638 g/mol. The summed E-state index contributed by atoms with van der Waals surface area (Å²) in [7, 11) is 3.21. The molecule has 0 N–H and O–H groups in total. The molecule has 240 valence electrons. The van der Waals surface area contributed by atoms with Crippen molar-refractivity contribution in [3.8, 4) is 11.5 Å². The van der Waals surface area contributed by atoms with E-state index in [0.29, 0.717) is 41.0 Å². The highest BCUT2D eigenvalue weighted by Gasteiger charge is 2.38. The van der Waals surface area contributed by atoms with Crippen molar-refractivity contribution in [2.24, 2.45) is 0 Å². The summed E-state index contributed by atoms with van der Waals surface area (Å²) in [4.78, 5) is 41.9. The SMILES string of the molecule is COc1ccc(CC2=C(Cc3ccc(OC)cc3)N3C=CC(=C(C(CC(=O)c4ccccc4)c4ccccc4)[N+](=O)[O-])C=C3C2=O)cc1. The average molecular weight is 639 g/mol. The van der Waals surface area contributed by atoms with Gasteiger partial charge < -0.3 is 14.4 Å². The summed E-state index contributed by atoms with van der Waals surface area (Å²) in [5, 5.41) is 12.9. The molecule has 0 saturated heterocycles. The number of rotatable bonds is 12. The van der Waals surface area contributed by atoms with E-state index in [1.165, 1.54) is 0 Å². The van der Waals surface area contributed by atoms with Gasteiger partial charge in [0.2, 0.25) is 5.78 Å². The van der Waals surface area contributed by atoms with Crippen molar-refractivity contribution in [2.75, 3.05) is 14.2 Å². The van der Waals surface area contributed by atoms with E-state index in [9.17, 15) is 19.7 Å². The van der Waals surface area contributed by atoms with Crippen LogP contribution < -0.4 is 9.47 Å². The van der Waals surface area contributed by atoms with Crippen LogP contribution in [0.2, 0.25) is 0 Å².